The molecule has 0 radical (unpaired) electrons. The normalized spacial score (nSPS) is 15.4. The molecule has 202 valence electrons. The molecule has 1 aromatic heterocycles. The lowest BCUT2D eigenvalue weighted by molar-refractivity contribution is 0.0697. The van der Waals surface area contributed by atoms with Crippen LogP contribution in [0.3, 0.4) is 0 Å². The Morgan fingerprint density at radius 3 is 2.45 bits per heavy atom. The molecule has 0 aliphatic heterocycles. The molecule has 0 fully saturated rings. The molecule has 3 aromatic carbocycles. The smallest absolute Gasteiger partial charge is 0.335 e. The first-order valence-corrected chi connectivity index (χ1v) is 15.0. The van der Waals surface area contributed by atoms with E-state index in [0.29, 0.717) is 26.5 Å². The predicted octanol–water partition coefficient (Wildman–Crippen LogP) is 7.63. The second kappa shape index (κ2) is 11.3. The molecule has 1 N–H and O–H groups in total. The van der Waals surface area contributed by atoms with Crippen LogP contribution < -0.4 is 0 Å². The standard InChI is InChI=1S/C31H24Cl2N2O4S/c1-40(38,39)26-4-2-3-23(17-26)21-8-5-20(6-9-21)7-16-30-34-29(24-12-15-27(32)28(33)18-24)19-35(30)25-13-10-22(11-14-25)31(36)37/h2-8,10-19,21H,9H2,1H3,(H,36,37)/b16-7+. The highest BCUT2D eigenvalue weighted by atomic mass is 35.5. The molecule has 9 heteroatoms. The van der Waals surface area contributed by atoms with Gasteiger partial charge in [0.15, 0.2) is 9.84 Å². The summed E-state index contributed by atoms with van der Waals surface area (Å²) in [5, 5.41) is 10.2. The maximum absolute atomic E-state index is 12.0. The highest BCUT2D eigenvalue weighted by Crippen LogP contribution is 2.31. The van der Waals surface area contributed by atoms with Gasteiger partial charge in [0, 0.05) is 29.6 Å². The predicted molar refractivity (Wildman–Crippen MR) is 159 cm³/mol. The van der Waals surface area contributed by atoms with E-state index in [0.717, 1.165) is 28.8 Å². The van der Waals surface area contributed by atoms with Crippen LogP contribution in [-0.4, -0.2) is 35.3 Å². The Kier molecular flexibility index (Phi) is 7.81. The zero-order valence-corrected chi connectivity index (χ0v) is 23.7. The lowest BCUT2D eigenvalue weighted by atomic mass is 9.90. The quantitative estimate of drug-likeness (QED) is 0.239. The number of rotatable bonds is 7. The summed E-state index contributed by atoms with van der Waals surface area (Å²) in [6, 6.07) is 18.9. The number of carboxylic acid groups (broad SMARTS) is 1. The SMILES string of the molecule is CS(=O)(=O)c1cccc(C2C=CC(/C=C/c3nc(-c4ccc(Cl)c(Cl)c4)cn3-c3ccc(C(=O)O)cc3)=CC2)c1. The van der Waals surface area contributed by atoms with Gasteiger partial charge in [0.1, 0.15) is 5.82 Å². The van der Waals surface area contributed by atoms with E-state index >= 15 is 0 Å². The number of carboxylic acids is 1. The third-order valence-corrected chi connectivity index (χ3v) is 8.46. The number of aromatic carboxylic acids is 1. The van der Waals surface area contributed by atoms with E-state index in [1.54, 1.807) is 54.6 Å². The van der Waals surface area contributed by atoms with Crippen molar-refractivity contribution in [2.75, 3.05) is 6.26 Å². The van der Waals surface area contributed by atoms with Crippen molar-refractivity contribution in [1.82, 2.24) is 9.55 Å². The van der Waals surface area contributed by atoms with Crippen LogP contribution in [0.25, 0.3) is 23.0 Å². The number of benzene rings is 3. The molecule has 0 saturated carbocycles. The van der Waals surface area contributed by atoms with Crippen LogP contribution >= 0.6 is 23.2 Å². The zero-order chi connectivity index (χ0) is 28.4. The van der Waals surface area contributed by atoms with Crippen molar-refractivity contribution in [3.63, 3.8) is 0 Å². The van der Waals surface area contributed by atoms with Crippen LogP contribution in [0.1, 0.15) is 34.1 Å². The van der Waals surface area contributed by atoms with E-state index in [9.17, 15) is 18.3 Å². The minimum Gasteiger partial charge on any atom is -0.478 e. The summed E-state index contributed by atoms with van der Waals surface area (Å²) in [6.45, 7) is 0. The van der Waals surface area contributed by atoms with Gasteiger partial charge in [-0.3, -0.25) is 4.57 Å². The molecule has 4 aromatic rings. The molecule has 0 bridgehead atoms. The average molecular weight is 592 g/mol. The summed E-state index contributed by atoms with van der Waals surface area (Å²) in [5.74, 6) is -0.276. The Hall–Kier alpha value is -3.91. The van der Waals surface area contributed by atoms with Crippen LogP contribution in [0.5, 0.6) is 0 Å². The van der Waals surface area contributed by atoms with Crippen molar-refractivity contribution in [3.05, 3.63) is 130 Å². The maximum atomic E-state index is 12.0. The Bertz CT molecular complexity index is 1800. The summed E-state index contributed by atoms with van der Waals surface area (Å²) in [7, 11) is -3.27. The lowest BCUT2D eigenvalue weighted by Crippen LogP contribution is -2.02. The lowest BCUT2D eigenvalue weighted by Gasteiger charge is -2.16. The van der Waals surface area contributed by atoms with E-state index < -0.39 is 15.8 Å². The second-order valence-electron chi connectivity index (χ2n) is 9.42. The van der Waals surface area contributed by atoms with Gasteiger partial charge in [-0.05, 0) is 72.2 Å². The topological polar surface area (TPSA) is 89.3 Å². The third-order valence-electron chi connectivity index (χ3n) is 6.61. The molecule has 1 aliphatic rings. The summed E-state index contributed by atoms with van der Waals surface area (Å²) >= 11 is 12.3. The van der Waals surface area contributed by atoms with Gasteiger partial charge in [0.05, 0.1) is 26.2 Å². The number of allylic oxidation sites excluding steroid dienone is 5. The van der Waals surface area contributed by atoms with Crippen LogP contribution in [0.2, 0.25) is 10.0 Å². The number of imidazole rings is 1. The molecule has 5 rings (SSSR count). The van der Waals surface area contributed by atoms with Crippen molar-refractivity contribution >= 4 is 45.1 Å². The number of sulfone groups is 1. The van der Waals surface area contributed by atoms with Gasteiger partial charge in [-0.25, -0.2) is 18.2 Å². The molecule has 1 atom stereocenters. The van der Waals surface area contributed by atoms with Crippen molar-refractivity contribution in [2.45, 2.75) is 17.2 Å². The van der Waals surface area contributed by atoms with Gasteiger partial charge in [0.25, 0.3) is 0 Å². The molecule has 1 aliphatic carbocycles. The molecule has 40 heavy (non-hydrogen) atoms. The first-order valence-electron chi connectivity index (χ1n) is 12.3. The molecule has 1 heterocycles. The molecule has 6 nitrogen and oxygen atoms in total. The Morgan fingerprint density at radius 2 is 1.80 bits per heavy atom. The Balaban J connectivity index is 1.43. The van der Waals surface area contributed by atoms with E-state index in [1.807, 2.05) is 41.1 Å². The van der Waals surface area contributed by atoms with Gasteiger partial charge in [0.2, 0.25) is 0 Å². The minimum atomic E-state index is -3.27. The van der Waals surface area contributed by atoms with Gasteiger partial charge in [-0.2, -0.15) is 0 Å². The van der Waals surface area contributed by atoms with E-state index in [2.05, 4.69) is 12.2 Å². The maximum Gasteiger partial charge on any atom is 0.335 e. The summed E-state index contributed by atoms with van der Waals surface area (Å²) in [5.41, 5.74) is 4.36. The van der Waals surface area contributed by atoms with Crippen LogP contribution in [0.4, 0.5) is 0 Å². The minimum absolute atomic E-state index is 0.0786. The molecular formula is C31H24Cl2N2O4S. The molecule has 0 spiro atoms. The fourth-order valence-electron chi connectivity index (χ4n) is 4.43. The van der Waals surface area contributed by atoms with Crippen LogP contribution in [0, 0.1) is 0 Å². The molecule has 0 amide bonds. The van der Waals surface area contributed by atoms with Crippen LogP contribution in [-0.2, 0) is 9.84 Å². The largest absolute Gasteiger partial charge is 0.478 e. The number of halogens is 2. The number of hydrogen-bond donors (Lipinski definition) is 1. The summed E-state index contributed by atoms with van der Waals surface area (Å²) in [4.78, 5) is 16.5. The zero-order valence-electron chi connectivity index (χ0n) is 21.3. The summed E-state index contributed by atoms with van der Waals surface area (Å²) < 4.78 is 25.8. The van der Waals surface area contributed by atoms with Crippen molar-refractivity contribution in [3.8, 4) is 16.9 Å². The third kappa shape index (κ3) is 6.12. The second-order valence-corrected chi connectivity index (χ2v) is 12.2. The van der Waals surface area contributed by atoms with Crippen LogP contribution in [0.15, 0.2) is 108 Å². The van der Waals surface area contributed by atoms with E-state index in [-0.39, 0.29) is 11.5 Å². The molecule has 0 saturated heterocycles. The van der Waals surface area contributed by atoms with Gasteiger partial charge < -0.3 is 5.11 Å². The Morgan fingerprint density at radius 1 is 1.02 bits per heavy atom. The highest BCUT2D eigenvalue weighted by Gasteiger charge is 2.15. The number of carbonyl (C=O) groups is 1. The summed E-state index contributed by atoms with van der Waals surface area (Å²) in [6.07, 6.45) is 13.8. The number of aromatic nitrogens is 2. The van der Waals surface area contributed by atoms with Gasteiger partial charge in [-0.15, -0.1) is 0 Å². The molecule has 1 unspecified atom stereocenters. The number of hydrogen-bond acceptors (Lipinski definition) is 4. The van der Waals surface area contributed by atoms with E-state index in [4.69, 9.17) is 28.2 Å². The van der Waals surface area contributed by atoms with Crippen molar-refractivity contribution in [1.29, 1.82) is 0 Å². The monoisotopic (exact) mass is 590 g/mol. The van der Waals surface area contributed by atoms with E-state index in [1.165, 1.54) is 6.26 Å². The Labute approximate surface area is 242 Å². The molecular weight excluding hydrogens is 567 g/mol. The first kappa shape index (κ1) is 27.6. The average Bonchev–Trinajstić information content (AvgIpc) is 3.37. The van der Waals surface area contributed by atoms with Gasteiger partial charge >= 0.3 is 5.97 Å². The van der Waals surface area contributed by atoms with Crippen molar-refractivity contribution < 1.29 is 18.3 Å². The fourth-order valence-corrected chi connectivity index (χ4v) is 5.41. The highest BCUT2D eigenvalue weighted by molar-refractivity contribution is 7.90. The first-order chi connectivity index (χ1) is 19.1. The van der Waals surface area contributed by atoms with Gasteiger partial charge in [-0.1, -0.05) is 65.7 Å². The number of nitrogens with zero attached hydrogens (tertiary/aromatic N) is 2. The fraction of sp³-hybridized carbons (Fsp3) is 0.0968. The van der Waals surface area contributed by atoms with Crippen molar-refractivity contribution in [2.24, 2.45) is 0 Å².